The molecule has 0 unspecified atom stereocenters. The Morgan fingerprint density at radius 1 is 0.846 bits per heavy atom. The molecule has 4 heteroatoms. The van der Waals surface area contributed by atoms with Crippen molar-refractivity contribution in [1.29, 1.82) is 5.26 Å². The Labute approximate surface area is 154 Å². The van der Waals surface area contributed by atoms with Crippen LogP contribution in [-0.4, -0.2) is 15.0 Å². The zero-order valence-electron chi connectivity index (χ0n) is 15.6. The van der Waals surface area contributed by atoms with E-state index in [2.05, 4.69) is 66.9 Å². The van der Waals surface area contributed by atoms with Crippen LogP contribution in [0.1, 0.15) is 56.7 Å². The highest BCUT2D eigenvalue weighted by molar-refractivity contribution is 5.83. The van der Waals surface area contributed by atoms with Crippen molar-refractivity contribution in [2.24, 2.45) is 0 Å². The summed E-state index contributed by atoms with van der Waals surface area (Å²) in [6.07, 6.45) is 1.81. The Hall–Kier alpha value is -3.06. The molecule has 0 aliphatic rings. The highest BCUT2D eigenvalue weighted by Crippen LogP contribution is 2.38. The molecule has 0 radical (unpaired) electrons. The van der Waals surface area contributed by atoms with Gasteiger partial charge < -0.3 is 0 Å². The molecule has 4 nitrogen and oxygen atoms in total. The minimum absolute atomic E-state index is 0.168. The van der Waals surface area contributed by atoms with Crippen LogP contribution in [0.5, 0.6) is 0 Å². The molecule has 0 atom stereocenters. The summed E-state index contributed by atoms with van der Waals surface area (Å²) in [5, 5.41) is 9.36. The van der Waals surface area contributed by atoms with Crippen molar-refractivity contribution in [2.75, 3.05) is 0 Å². The number of aromatic nitrogens is 3. The van der Waals surface area contributed by atoms with E-state index in [0.29, 0.717) is 0 Å². The maximum absolute atomic E-state index is 9.36. The van der Waals surface area contributed by atoms with Crippen molar-refractivity contribution in [2.45, 2.75) is 39.5 Å². The zero-order valence-corrected chi connectivity index (χ0v) is 15.6. The van der Waals surface area contributed by atoms with Gasteiger partial charge in [-0.15, -0.1) is 0 Å². The standard InChI is InChI=1S/C22H22N4/c1-14(2)20-19(21(15(3)4)26-18(13-23)25-20)17-11-8-12-24-22(17)16-9-6-5-7-10-16/h5-12,14-15H,1-4H3. The lowest BCUT2D eigenvalue weighted by Gasteiger charge is -2.20. The third-order valence-corrected chi connectivity index (χ3v) is 4.28. The van der Waals surface area contributed by atoms with Crippen LogP contribution < -0.4 is 0 Å². The predicted octanol–water partition coefficient (Wildman–Crippen LogP) is 5.32. The fourth-order valence-corrected chi connectivity index (χ4v) is 3.09. The predicted molar refractivity (Wildman–Crippen MR) is 104 cm³/mol. The van der Waals surface area contributed by atoms with Gasteiger partial charge in [0, 0.05) is 22.9 Å². The summed E-state index contributed by atoms with van der Waals surface area (Å²) in [5.41, 5.74) is 5.76. The van der Waals surface area contributed by atoms with Crippen LogP contribution in [0, 0.1) is 11.3 Å². The monoisotopic (exact) mass is 342 g/mol. The molecular formula is C22H22N4. The molecule has 3 aromatic rings. The fourth-order valence-electron chi connectivity index (χ4n) is 3.09. The SMILES string of the molecule is CC(C)c1nc(C#N)nc(C(C)C)c1-c1cccnc1-c1ccccc1. The molecule has 0 spiro atoms. The third kappa shape index (κ3) is 3.34. The minimum Gasteiger partial charge on any atom is -0.256 e. The molecule has 0 N–H and O–H groups in total. The maximum atomic E-state index is 9.36. The van der Waals surface area contributed by atoms with Crippen molar-refractivity contribution in [3.8, 4) is 28.5 Å². The Morgan fingerprint density at radius 3 is 2.00 bits per heavy atom. The summed E-state index contributed by atoms with van der Waals surface area (Å²) in [7, 11) is 0. The lowest BCUT2D eigenvalue weighted by Crippen LogP contribution is -2.09. The number of hydrogen-bond acceptors (Lipinski definition) is 4. The Kier molecular flexibility index (Phi) is 5.09. The first-order valence-corrected chi connectivity index (χ1v) is 8.85. The van der Waals surface area contributed by atoms with Crippen LogP contribution >= 0.6 is 0 Å². The van der Waals surface area contributed by atoms with Gasteiger partial charge in [-0.25, -0.2) is 9.97 Å². The zero-order chi connectivity index (χ0) is 18.7. The molecule has 1 aromatic carbocycles. The van der Waals surface area contributed by atoms with Crippen molar-refractivity contribution < 1.29 is 0 Å². The largest absolute Gasteiger partial charge is 0.256 e. The van der Waals surface area contributed by atoms with E-state index in [4.69, 9.17) is 0 Å². The summed E-state index contributed by atoms with van der Waals surface area (Å²) in [6, 6.07) is 16.2. The van der Waals surface area contributed by atoms with E-state index in [1.165, 1.54) is 0 Å². The van der Waals surface area contributed by atoms with E-state index in [9.17, 15) is 5.26 Å². The van der Waals surface area contributed by atoms with Gasteiger partial charge in [-0.1, -0.05) is 64.1 Å². The third-order valence-electron chi connectivity index (χ3n) is 4.28. The van der Waals surface area contributed by atoms with E-state index in [0.717, 1.165) is 33.8 Å². The highest BCUT2D eigenvalue weighted by Gasteiger charge is 2.23. The van der Waals surface area contributed by atoms with Crippen LogP contribution in [0.2, 0.25) is 0 Å². The fraction of sp³-hybridized carbons (Fsp3) is 0.273. The number of nitriles is 1. The van der Waals surface area contributed by atoms with Crippen molar-refractivity contribution >= 4 is 0 Å². The Morgan fingerprint density at radius 2 is 1.46 bits per heavy atom. The second-order valence-corrected chi connectivity index (χ2v) is 6.88. The van der Waals surface area contributed by atoms with Gasteiger partial charge in [-0.3, -0.25) is 4.98 Å². The van der Waals surface area contributed by atoms with Gasteiger partial charge in [-0.05, 0) is 17.9 Å². The summed E-state index contributed by atoms with van der Waals surface area (Å²) in [4.78, 5) is 13.7. The molecule has 3 rings (SSSR count). The topological polar surface area (TPSA) is 62.5 Å². The number of hydrogen-bond donors (Lipinski definition) is 0. The molecule has 2 aromatic heterocycles. The summed E-state index contributed by atoms with van der Waals surface area (Å²) in [5.74, 6) is 0.564. The summed E-state index contributed by atoms with van der Waals surface area (Å²) in [6.45, 7) is 8.37. The average Bonchev–Trinajstić information content (AvgIpc) is 2.67. The van der Waals surface area contributed by atoms with E-state index >= 15 is 0 Å². The van der Waals surface area contributed by atoms with Crippen molar-refractivity contribution in [3.05, 3.63) is 65.9 Å². The van der Waals surface area contributed by atoms with Gasteiger partial charge in [0.1, 0.15) is 6.07 Å². The van der Waals surface area contributed by atoms with Crippen LogP contribution in [-0.2, 0) is 0 Å². The first-order chi connectivity index (χ1) is 12.5. The molecule has 0 saturated carbocycles. The van der Waals surface area contributed by atoms with Crippen LogP contribution in [0.25, 0.3) is 22.4 Å². The molecule has 26 heavy (non-hydrogen) atoms. The summed E-state index contributed by atoms with van der Waals surface area (Å²) >= 11 is 0. The van der Waals surface area contributed by atoms with Crippen LogP contribution in [0.4, 0.5) is 0 Å². The molecule has 2 heterocycles. The van der Waals surface area contributed by atoms with Gasteiger partial charge in [0.05, 0.1) is 17.1 Å². The summed E-state index contributed by atoms with van der Waals surface area (Å²) < 4.78 is 0. The van der Waals surface area contributed by atoms with Crippen molar-refractivity contribution in [3.63, 3.8) is 0 Å². The Bertz CT molecular complexity index is 924. The van der Waals surface area contributed by atoms with Gasteiger partial charge >= 0.3 is 0 Å². The molecule has 0 saturated heterocycles. The Balaban J connectivity index is 2.37. The van der Waals surface area contributed by atoms with E-state index < -0.39 is 0 Å². The smallest absolute Gasteiger partial charge is 0.232 e. The lowest BCUT2D eigenvalue weighted by molar-refractivity contribution is 0.766. The van der Waals surface area contributed by atoms with Gasteiger partial charge in [0.2, 0.25) is 5.82 Å². The van der Waals surface area contributed by atoms with Gasteiger partial charge in [0.15, 0.2) is 0 Å². The normalized spacial score (nSPS) is 11.0. The number of nitrogens with zero attached hydrogens (tertiary/aromatic N) is 4. The molecule has 0 aliphatic heterocycles. The molecular weight excluding hydrogens is 320 g/mol. The first-order valence-electron chi connectivity index (χ1n) is 8.85. The van der Waals surface area contributed by atoms with Crippen molar-refractivity contribution in [1.82, 2.24) is 15.0 Å². The molecule has 0 bridgehead atoms. The van der Waals surface area contributed by atoms with Gasteiger partial charge in [-0.2, -0.15) is 5.26 Å². The maximum Gasteiger partial charge on any atom is 0.232 e. The van der Waals surface area contributed by atoms with E-state index in [1.807, 2.05) is 24.3 Å². The number of benzene rings is 1. The molecule has 0 amide bonds. The second kappa shape index (κ2) is 7.45. The number of pyridine rings is 1. The van der Waals surface area contributed by atoms with E-state index in [-0.39, 0.29) is 17.7 Å². The van der Waals surface area contributed by atoms with E-state index in [1.54, 1.807) is 6.20 Å². The molecule has 130 valence electrons. The average molecular weight is 342 g/mol. The second-order valence-electron chi connectivity index (χ2n) is 6.88. The highest BCUT2D eigenvalue weighted by atomic mass is 14.9. The van der Waals surface area contributed by atoms with Crippen LogP contribution in [0.15, 0.2) is 48.7 Å². The molecule has 0 fully saturated rings. The number of rotatable bonds is 4. The van der Waals surface area contributed by atoms with Gasteiger partial charge in [0.25, 0.3) is 0 Å². The van der Waals surface area contributed by atoms with Crippen LogP contribution in [0.3, 0.4) is 0 Å². The minimum atomic E-state index is 0.168. The quantitative estimate of drug-likeness (QED) is 0.643. The molecule has 0 aliphatic carbocycles. The first kappa shape index (κ1) is 17.8. The lowest BCUT2D eigenvalue weighted by atomic mass is 9.89.